The SMILES string of the molecule is Cc1cc(C)c(NC(=O)[C@H](C)[NH+]2CC=C(c3ccccc3)CC2)c(C)c1. The molecule has 1 heterocycles. The number of quaternary nitrogens is 1. The van der Waals surface area contributed by atoms with E-state index in [0.29, 0.717) is 0 Å². The number of nitrogens with one attached hydrogen (secondary N) is 2. The Balaban J connectivity index is 1.66. The van der Waals surface area contributed by atoms with Gasteiger partial charge in [0.05, 0.1) is 13.1 Å². The average molecular weight is 349 g/mol. The van der Waals surface area contributed by atoms with E-state index in [4.69, 9.17) is 0 Å². The number of benzene rings is 2. The lowest BCUT2D eigenvalue weighted by molar-refractivity contribution is -0.909. The molecule has 1 aliphatic heterocycles. The number of carbonyl (C=O) groups is 1. The van der Waals surface area contributed by atoms with Gasteiger partial charge in [0.1, 0.15) is 0 Å². The van der Waals surface area contributed by atoms with Crippen LogP contribution >= 0.6 is 0 Å². The quantitative estimate of drug-likeness (QED) is 0.872. The summed E-state index contributed by atoms with van der Waals surface area (Å²) in [4.78, 5) is 14.1. The zero-order chi connectivity index (χ0) is 18.7. The van der Waals surface area contributed by atoms with Crippen molar-refractivity contribution in [2.24, 2.45) is 0 Å². The zero-order valence-corrected chi connectivity index (χ0v) is 16.2. The fourth-order valence-corrected chi connectivity index (χ4v) is 3.86. The molecule has 0 saturated heterocycles. The first-order valence-corrected chi connectivity index (χ1v) is 9.43. The summed E-state index contributed by atoms with van der Waals surface area (Å²) in [6, 6.07) is 14.7. The summed E-state index contributed by atoms with van der Waals surface area (Å²) in [5, 5.41) is 3.17. The first-order valence-electron chi connectivity index (χ1n) is 9.43. The summed E-state index contributed by atoms with van der Waals surface area (Å²) in [6.45, 7) is 10.1. The van der Waals surface area contributed by atoms with Crippen molar-refractivity contribution >= 4 is 17.2 Å². The molecular weight excluding hydrogens is 320 g/mol. The van der Waals surface area contributed by atoms with Gasteiger partial charge in [0, 0.05) is 12.1 Å². The van der Waals surface area contributed by atoms with Crippen LogP contribution < -0.4 is 10.2 Å². The molecule has 0 aromatic heterocycles. The van der Waals surface area contributed by atoms with Crippen molar-refractivity contribution in [3.63, 3.8) is 0 Å². The Kier molecular flexibility index (Phi) is 5.58. The molecule has 0 spiro atoms. The number of hydrogen-bond acceptors (Lipinski definition) is 1. The Bertz CT molecular complexity index is 800. The summed E-state index contributed by atoms with van der Waals surface area (Å²) in [6.07, 6.45) is 3.31. The normalized spacial score (nSPS) is 18.2. The molecular formula is C23H29N2O+. The summed E-state index contributed by atoms with van der Waals surface area (Å²) >= 11 is 0. The Morgan fingerprint density at radius 2 is 1.73 bits per heavy atom. The Morgan fingerprint density at radius 1 is 1.08 bits per heavy atom. The highest BCUT2D eigenvalue weighted by Gasteiger charge is 2.27. The Hall–Kier alpha value is -2.39. The fourth-order valence-electron chi connectivity index (χ4n) is 3.86. The van der Waals surface area contributed by atoms with Gasteiger partial charge in [-0.2, -0.15) is 0 Å². The molecule has 1 amide bonds. The van der Waals surface area contributed by atoms with Crippen molar-refractivity contribution < 1.29 is 9.69 Å². The van der Waals surface area contributed by atoms with Crippen molar-refractivity contribution in [2.45, 2.75) is 40.2 Å². The van der Waals surface area contributed by atoms with Crippen molar-refractivity contribution in [3.05, 3.63) is 70.8 Å². The zero-order valence-electron chi connectivity index (χ0n) is 16.2. The van der Waals surface area contributed by atoms with Crippen LogP contribution in [0.25, 0.3) is 5.57 Å². The van der Waals surface area contributed by atoms with Crippen molar-refractivity contribution in [1.29, 1.82) is 0 Å². The van der Waals surface area contributed by atoms with Crippen molar-refractivity contribution in [3.8, 4) is 0 Å². The second-order valence-electron chi connectivity index (χ2n) is 7.44. The van der Waals surface area contributed by atoms with Crippen LogP contribution in [0.15, 0.2) is 48.5 Å². The predicted molar refractivity (Wildman–Crippen MR) is 108 cm³/mol. The summed E-state index contributed by atoms with van der Waals surface area (Å²) in [7, 11) is 0. The lowest BCUT2D eigenvalue weighted by Gasteiger charge is -2.28. The molecule has 0 fully saturated rings. The highest BCUT2D eigenvalue weighted by atomic mass is 16.2. The van der Waals surface area contributed by atoms with Gasteiger partial charge in [0.15, 0.2) is 6.04 Å². The average Bonchev–Trinajstić information content (AvgIpc) is 2.64. The van der Waals surface area contributed by atoms with Crippen molar-refractivity contribution in [2.75, 3.05) is 18.4 Å². The van der Waals surface area contributed by atoms with E-state index in [1.54, 1.807) is 0 Å². The molecule has 0 radical (unpaired) electrons. The number of anilines is 1. The summed E-state index contributed by atoms with van der Waals surface area (Å²) < 4.78 is 0. The molecule has 3 heteroatoms. The minimum Gasteiger partial charge on any atom is -0.321 e. The van der Waals surface area contributed by atoms with E-state index in [9.17, 15) is 4.79 Å². The molecule has 0 bridgehead atoms. The Morgan fingerprint density at radius 3 is 2.31 bits per heavy atom. The monoisotopic (exact) mass is 349 g/mol. The van der Waals surface area contributed by atoms with Gasteiger partial charge in [-0.15, -0.1) is 0 Å². The van der Waals surface area contributed by atoms with E-state index in [-0.39, 0.29) is 11.9 Å². The van der Waals surface area contributed by atoms with Crippen LogP contribution in [0.4, 0.5) is 5.69 Å². The van der Waals surface area contributed by atoms with Gasteiger partial charge in [-0.05, 0) is 56.0 Å². The molecule has 1 aliphatic rings. The van der Waals surface area contributed by atoms with Crippen LogP contribution in [-0.4, -0.2) is 25.0 Å². The van der Waals surface area contributed by atoms with Gasteiger partial charge >= 0.3 is 0 Å². The standard InChI is InChI=1S/C23H28N2O/c1-16-14-17(2)22(18(3)15-16)24-23(26)19(4)25-12-10-21(11-13-25)20-8-6-5-7-9-20/h5-10,14-15,19H,11-13H2,1-4H3,(H,24,26)/p+1/t19-/m0/s1. The lowest BCUT2D eigenvalue weighted by Crippen LogP contribution is -3.17. The van der Waals surface area contributed by atoms with Gasteiger partial charge in [0.2, 0.25) is 0 Å². The second kappa shape index (κ2) is 7.88. The molecule has 0 aliphatic carbocycles. The largest absolute Gasteiger partial charge is 0.321 e. The Labute approximate surface area is 156 Å². The number of aryl methyl sites for hydroxylation is 3. The highest BCUT2D eigenvalue weighted by Crippen LogP contribution is 2.22. The van der Waals surface area contributed by atoms with Gasteiger partial charge in [-0.25, -0.2) is 0 Å². The van der Waals surface area contributed by atoms with E-state index in [0.717, 1.165) is 36.3 Å². The molecule has 2 aromatic carbocycles. The number of carbonyl (C=O) groups excluding carboxylic acids is 1. The minimum atomic E-state index is -0.0660. The number of amides is 1. The first kappa shape index (κ1) is 18.4. The first-order chi connectivity index (χ1) is 12.5. The molecule has 1 unspecified atom stereocenters. The van der Waals surface area contributed by atoms with Gasteiger partial charge in [0.25, 0.3) is 5.91 Å². The highest BCUT2D eigenvalue weighted by molar-refractivity contribution is 5.95. The van der Waals surface area contributed by atoms with Gasteiger partial charge < -0.3 is 10.2 Å². The van der Waals surface area contributed by atoms with Crippen LogP contribution in [0, 0.1) is 20.8 Å². The maximum Gasteiger partial charge on any atom is 0.282 e. The molecule has 3 rings (SSSR count). The number of rotatable bonds is 4. The molecule has 2 N–H and O–H groups in total. The van der Waals surface area contributed by atoms with Crippen LogP contribution in [0.1, 0.15) is 35.6 Å². The predicted octanol–water partition coefficient (Wildman–Crippen LogP) is 3.31. The van der Waals surface area contributed by atoms with E-state index >= 15 is 0 Å². The van der Waals surface area contributed by atoms with Crippen LogP contribution in [-0.2, 0) is 4.79 Å². The van der Waals surface area contributed by atoms with Gasteiger partial charge in [-0.3, -0.25) is 4.79 Å². The molecule has 136 valence electrons. The molecule has 2 aromatic rings. The molecule has 3 nitrogen and oxygen atoms in total. The third-order valence-corrected chi connectivity index (χ3v) is 5.40. The maximum absolute atomic E-state index is 12.8. The topological polar surface area (TPSA) is 33.5 Å². The van der Waals surface area contributed by atoms with Crippen molar-refractivity contribution in [1.82, 2.24) is 0 Å². The van der Waals surface area contributed by atoms with Crippen LogP contribution in [0.3, 0.4) is 0 Å². The summed E-state index contributed by atoms with van der Waals surface area (Å²) in [5.74, 6) is 0.103. The molecule has 0 saturated carbocycles. The van der Waals surface area contributed by atoms with E-state index < -0.39 is 0 Å². The second-order valence-corrected chi connectivity index (χ2v) is 7.44. The fraction of sp³-hybridized carbons (Fsp3) is 0.348. The maximum atomic E-state index is 12.8. The van der Waals surface area contributed by atoms with Crippen LogP contribution in [0.2, 0.25) is 0 Å². The third kappa shape index (κ3) is 4.05. The van der Waals surface area contributed by atoms with E-state index in [1.165, 1.54) is 21.6 Å². The molecule has 2 atom stereocenters. The van der Waals surface area contributed by atoms with E-state index in [2.05, 4.69) is 68.6 Å². The minimum absolute atomic E-state index is 0.0660. The van der Waals surface area contributed by atoms with Gasteiger partial charge in [-0.1, -0.05) is 48.0 Å². The number of hydrogen-bond donors (Lipinski definition) is 2. The van der Waals surface area contributed by atoms with E-state index in [1.807, 2.05) is 13.0 Å². The third-order valence-electron chi connectivity index (χ3n) is 5.40. The molecule has 26 heavy (non-hydrogen) atoms. The van der Waals surface area contributed by atoms with Crippen LogP contribution in [0.5, 0.6) is 0 Å². The smallest absolute Gasteiger partial charge is 0.282 e. The lowest BCUT2D eigenvalue weighted by atomic mass is 9.98. The summed E-state index contributed by atoms with van der Waals surface area (Å²) in [5.41, 5.74) is 7.14.